The minimum Gasteiger partial charge on any atom is -0.444 e. The van der Waals surface area contributed by atoms with Crippen molar-refractivity contribution in [3.8, 4) is 23.4 Å². The van der Waals surface area contributed by atoms with Crippen molar-refractivity contribution >= 4 is 6.09 Å². The summed E-state index contributed by atoms with van der Waals surface area (Å²) >= 11 is 0. The minimum absolute atomic E-state index is 0.240. The second kappa shape index (κ2) is 8.33. The molecule has 0 atom stereocenters. The smallest absolute Gasteiger partial charge is 0.408 e. The van der Waals surface area contributed by atoms with E-state index in [-0.39, 0.29) is 5.89 Å². The lowest BCUT2D eigenvalue weighted by molar-refractivity contribution is 0.0452. The molecule has 0 aliphatic heterocycles. The molecule has 1 N–H and O–H groups in total. The SMILES string of the molecule is CC(C)(C)OC(=O)NC(C)(C)c1nc(-c2ccc(C#Cc3ccccn3)cn2)no1. The number of nitrogens with zero attached hydrogens (tertiary/aromatic N) is 4. The van der Waals surface area contributed by atoms with Crippen molar-refractivity contribution in [3.63, 3.8) is 0 Å². The van der Waals surface area contributed by atoms with Gasteiger partial charge in [-0.05, 0) is 64.8 Å². The molecule has 0 aromatic carbocycles. The van der Waals surface area contributed by atoms with E-state index in [1.54, 1.807) is 53.1 Å². The van der Waals surface area contributed by atoms with E-state index in [4.69, 9.17) is 9.26 Å². The number of carbonyl (C=O) groups excluding carboxylic acids is 1. The van der Waals surface area contributed by atoms with Crippen LogP contribution in [0, 0.1) is 11.8 Å². The van der Waals surface area contributed by atoms with Crippen molar-refractivity contribution in [1.82, 2.24) is 25.4 Å². The maximum absolute atomic E-state index is 12.1. The van der Waals surface area contributed by atoms with Gasteiger partial charge in [0, 0.05) is 18.0 Å². The van der Waals surface area contributed by atoms with Crippen LogP contribution in [0.25, 0.3) is 11.5 Å². The molecule has 0 unspecified atom stereocenters. The number of hydrogen-bond acceptors (Lipinski definition) is 7. The fourth-order valence-electron chi connectivity index (χ4n) is 2.37. The molecule has 0 bridgehead atoms. The fourth-order valence-corrected chi connectivity index (χ4v) is 2.37. The summed E-state index contributed by atoms with van der Waals surface area (Å²) in [5, 5.41) is 6.70. The van der Waals surface area contributed by atoms with Gasteiger partial charge in [-0.3, -0.25) is 4.98 Å². The highest BCUT2D eigenvalue weighted by molar-refractivity contribution is 5.68. The van der Waals surface area contributed by atoms with E-state index in [2.05, 4.69) is 37.3 Å². The first kappa shape index (κ1) is 21.0. The van der Waals surface area contributed by atoms with Crippen molar-refractivity contribution in [3.05, 3.63) is 59.9 Å². The van der Waals surface area contributed by atoms with Crippen LogP contribution in [0.2, 0.25) is 0 Å². The van der Waals surface area contributed by atoms with Crippen LogP contribution in [0.15, 0.2) is 47.2 Å². The van der Waals surface area contributed by atoms with Gasteiger partial charge in [0.15, 0.2) is 0 Å². The standard InChI is InChI=1S/C22H23N5O3/c1-21(2,3)29-20(28)26-22(4,5)19-25-18(27-30-19)17-12-10-15(14-24-17)9-11-16-8-6-7-13-23-16/h6-8,10,12-14H,1-5H3,(H,26,28). The van der Waals surface area contributed by atoms with Gasteiger partial charge in [0.1, 0.15) is 22.5 Å². The van der Waals surface area contributed by atoms with Crippen LogP contribution in [-0.2, 0) is 10.3 Å². The van der Waals surface area contributed by atoms with Crippen molar-refractivity contribution < 1.29 is 14.1 Å². The van der Waals surface area contributed by atoms with Gasteiger partial charge >= 0.3 is 6.09 Å². The number of pyridine rings is 2. The summed E-state index contributed by atoms with van der Waals surface area (Å²) in [6, 6.07) is 9.13. The van der Waals surface area contributed by atoms with Crippen molar-refractivity contribution in [2.75, 3.05) is 0 Å². The second-order valence-corrected chi connectivity index (χ2v) is 8.07. The number of alkyl carbamates (subject to hydrolysis) is 1. The van der Waals surface area contributed by atoms with Crippen LogP contribution in [-0.4, -0.2) is 31.8 Å². The summed E-state index contributed by atoms with van der Waals surface area (Å²) < 4.78 is 10.6. The topological polar surface area (TPSA) is 103 Å². The number of hydrogen-bond donors (Lipinski definition) is 1. The van der Waals surface area contributed by atoms with Crippen LogP contribution in [0.1, 0.15) is 51.8 Å². The van der Waals surface area contributed by atoms with E-state index in [1.165, 1.54) is 0 Å². The first-order chi connectivity index (χ1) is 14.1. The van der Waals surface area contributed by atoms with E-state index in [0.29, 0.717) is 17.2 Å². The first-order valence-corrected chi connectivity index (χ1v) is 9.37. The highest BCUT2D eigenvalue weighted by atomic mass is 16.6. The molecular formula is C22H23N5O3. The summed E-state index contributed by atoms with van der Waals surface area (Å²) in [5.74, 6) is 6.54. The molecule has 0 fully saturated rings. The summed E-state index contributed by atoms with van der Waals surface area (Å²) in [6.45, 7) is 8.87. The fraction of sp³-hybridized carbons (Fsp3) is 0.318. The Hall–Kier alpha value is -3.73. The minimum atomic E-state index is -0.915. The molecule has 1 amide bonds. The molecule has 0 saturated heterocycles. The third-order valence-electron chi connectivity index (χ3n) is 3.77. The molecule has 154 valence electrons. The van der Waals surface area contributed by atoms with Gasteiger partial charge in [-0.15, -0.1) is 0 Å². The Balaban J connectivity index is 1.71. The van der Waals surface area contributed by atoms with Gasteiger partial charge in [0.05, 0.1) is 0 Å². The summed E-state index contributed by atoms with van der Waals surface area (Å²) in [7, 11) is 0. The molecule has 8 nitrogen and oxygen atoms in total. The monoisotopic (exact) mass is 405 g/mol. The van der Waals surface area contributed by atoms with Gasteiger partial charge < -0.3 is 14.6 Å². The van der Waals surface area contributed by atoms with Crippen molar-refractivity contribution in [1.29, 1.82) is 0 Å². The summed E-state index contributed by atoms with van der Waals surface area (Å²) in [4.78, 5) is 24.9. The van der Waals surface area contributed by atoms with Gasteiger partial charge in [-0.1, -0.05) is 17.1 Å². The predicted octanol–water partition coefficient (Wildman–Crippen LogP) is 3.69. The molecular weight excluding hydrogens is 382 g/mol. The van der Waals surface area contributed by atoms with E-state index >= 15 is 0 Å². The van der Waals surface area contributed by atoms with Crippen molar-refractivity contribution in [2.24, 2.45) is 0 Å². The average Bonchev–Trinajstić information content (AvgIpc) is 3.17. The lowest BCUT2D eigenvalue weighted by Crippen LogP contribution is -2.44. The Morgan fingerprint density at radius 1 is 1.07 bits per heavy atom. The van der Waals surface area contributed by atoms with E-state index in [1.807, 2.05) is 24.3 Å². The quantitative estimate of drug-likeness (QED) is 0.663. The molecule has 3 aromatic heterocycles. The maximum Gasteiger partial charge on any atom is 0.408 e. The van der Waals surface area contributed by atoms with Crippen LogP contribution < -0.4 is 5.32 Å². The third-order valence-corrected chi connectivity index (χ3v) is 3.77. The van der Waals surface area contributed by atoms with Crippen molar-refractivity contribution in [2.45, 2.75) is 45.8 Å². The second-order valence-electron chi connectivity index (χ2n) is 8.07. The van der Waals surface area contributed by atoms with Crippen LogP contribution in [0.5, 0.6) is 0 Å². The zero-order valence-electron chi connectivity index (χ0n) is 17.6. The Morgan fingerprint density at radius 2 is 1.87 bits per heavy atom. The first-order valence-electron chi connectivity index (χ1n) is 9.37. The molecule has 0 aliphatic carbocycles. The maximum atomic E-state index is 12.1. The van der Waals surface area contributed by atoms with Crippen LogP contribution >= 0.6 is 0 Å². The average molecular weight is 405 g/mol. The molecule has 0 radical (unpaired) electrons. The predicted molar refractivity (Wildman–Crippen MR) is 110 cm³/mol. The number of carbonyl (C=O) groups is 1. The molecule has 0 spiro atoms. The van der Waals surface area contributed by atoms with Gasteiger partial charge in [0.2, 0.25) is 5.82 Å². The van der Waals surface area contributed by atoms with E-state index in [9.17, 15) is 4.79 Å². The molecule has 3 aromatic rings. The molecule has 0 aliphatic rings. The Bertz CT molecular complexity index is 1070. The zero-order chi connectivity index (χ0) is 21.8. The largest absolute Gasteiger partial charge is 0.444 e. The summed E-state index contributed by atoms with van der Waals surface area (Å²) in [5.41, 5.74) is 0.429. The Labute approximate surface area is 175 Å². The number of amides is 1. The normalized spacial score (nSPS) is 11.4. The van der Waals surface area contributed by atoms with E-state index in [0.717, 1.165) is 5.56 Å². The molecule has 8 heteroatoms. The lowest BCUT2D eigenvalue weighted by Gasteiger charge is -2.25. The van der Waals surface area contributed by atoms with Gasteiger partial charge in [-0.2, -0.15) is 4.98 Å². The molecule has 3 rings (SSSR count). The zero-order valence-corrected chi connectivity index (χ0v) is 17.6. The number of nitrogens with one attached hydrogen (secondary N) is 1. The van der Waals surface area contributed by atoms with Gasteiger partial charge in [0.25, 0.3) is 5.89 Å². The number of ether oxygens (including phenoxy) is 1. The number of aromatic nitrogens is 4. The highest BCUT2D eigenvalue weighted by Crippen LogP contribution is 2.22. The van der Waals surface area contributed by atoms with Crippen LogP contribution in [0.4, 0.5) is 4.79 Å². The molecule has 30 heavy (non-hydrogen) atoms. The third kappa shape index (κ3) is 5.64. The molecule has 3 heterocycles. The lowest BCUT2D eigenvalue weighted by atomic mass is 10.1. The highest BCUT2D eigenvalue weighted by Gasteiger charge is 2.32. The van der Waals surface area contributed by atoms with Crippen LogP contribution in [0.3, 0.4) is 0 Å². The Kier molecular flexibility index (Phi) is 5.83. The number of rotatable bonds is 3. The Morgan fingerprint density at radius 3 is 2.50 bits per heavy atom. The molecule has 0 saturated carbocycles. The van der Waals surface area contributed by atoms with Gasteiger partial charge in [-0.25, -0.2) is 9.78 Å². The summed E-state index contributed by atoms with van der Waals surface area (Å²) in [6.07, 6.45) is 2.75. The van der Waals surface area contributed by atoms with E-state index < -0.39 is 17.2 Å².